The Morgan fingerprint density at radius 1 is 1.42 bits per heavy atom. The molecule has 0 saturated carbocycles. The van der Waals surface area contributed by atoms with E-state index in [1.165, 1.54) is 0 Å². The van der Waals surface area contributed by atoms with E-state index in [0.29, 0.717) is 0 Å². The molecule has 0 spiro atoms. The second kappa shape index (κ2) is 2.95. The molecule has 1 fully saturated rings. The van der Waals surface area contributed by atoms with E-state index in [4.69, 9.17) is 4.89 Å². The molecule has 0 aromatic carbocycles. The molecule has 0 aliphatic carbocycles. The number of carbonyl (C=O) groups is 2. The third-order valence-corrected chi connectivity index (χ3v) is 1.60. The molecule has 2 amide bonds. The third-order valence-electron chi connectivity index (χ3n) is 1.20. The van der Waals surface area contributed by atoms with Crippen molar-refractivity contribution in [3.63, 3.8) is 0 Å². The standard InChI is InChI=1S/C4H7N2O5P/c5-12(9,10)11-6-3(7)1-2-4(6)8/h1-2H2,(H3,5,9,10). The predicted molar refractivity (Wildman–Crippen MR) is 36.2 cm³/mol. The van der Waals surface area contributed by atoms with Crippen LogP contribution in [0.4, 0.5) is 0 Å². The number of amides is 2. The van der Waals surface area contributed by atoms with Crippen molar-refractivity contribution in [3.8, 4) is 0 Å². The highest BCUT2D eigenvalue weighted by Gasteiger charge is 2.34. The van der Waals surface area contributed by atoms with Crippen molar-refractivity contribution in [2.24, 2.45) is 5.50 Å². The molecule has 1 atom stereocenters. The molecular formula is C4H7N2O5P. The fourth-order valence-corrected chi connectivity index (χ4v) is 1.18. The average molecular weight is 194 g/mol. The molecule has 1 aliphatic rings. The summed E-state index contributed by atoms with van der Waals surface area (Å²) in [5.74, 6) is -1.31. The van der Waals surface area contributed by atoms with Crippen molar-refractivity contribution in [3.05, 3.63) is 0 Å². The van der Waals surface area contributed by atoms with Gasteiger partial charge in [0.25, 0.3) is 11.8 Å². The van der Waals surface area contributed by atoms with E-state index in [9.17, 15) is 14.2 Å². The van der Waals surface area contributed by atoms with Gasteiger partial charge in [0.1, 0.15) is 0 Å². The highest BCUT2D eigenvalue weighted by molar-refractivity contribution is 7.50. The molecule has 0 aromatic heterocycles. The first-order valence-electron chi connectivity index (χ1n) is 3.07. The van der Waals surface area contributed by atoms with Crippen LogP contribution in [0, 0.1) is 0 Å². The molecule has 1 heterocycles. The van der Waals surface area contributed by atoms with Gasteiger partial charge in [0.15, 0.2) is 0 Å². The number of carbonyl (C=O) groups excluding carboxylic acids is 2. The molecule has 1 unspecified atom stereocenters. The van der Waals surface area contributed by atoms with Crippen LogP contribution in [0.25, 0.3) is 0 Å². The fourth-order valence-electron chi connectivity index (χ4n) is 0.764. The van der Waals surface area contributed by atoms with Crippen LogP contribution in [0.15, 0.2) is 0 Å². The number of hydrogen-bond acceptors (Lipinski definition) is 4. The van der Waals surface area contributed by atoms with Gasteiger partial charge in [-0.3, -0.25) is 9.59 Å². The van der Waals surface area contributed by atoms with E-state index in [1.54, 1.807) is 0 Å². The van der Waals surface area contributed by atoms with Gasteiger partial charge in [-0.15, -0.1) is 5.06 Å². The van der Waals surface area contributed by atoms with Crippen LogP contribution >= 0.6 is 7.75 Å². The van der Waals surface area contributed by atoms with Crippen molar-refractivity contribution in [1.82, 2.24) is 5.06 Å². The van der Waals surface area contributed by atoms with Crippen LogP contribution in [0.1, 0.15) is 12.8 Å². The fraction of sp³-hybridized carbons (Fsp3) is 0.500. The van der Waals surface area contributed by atoms with E-state index in [0.717, 1.165) is 0 Å². The normalized spacial score (nSPS) is 23.0. The summed E-state index contributed by atoms with van der Waals surface area (Å²) in [7, 11) is -4.31. The second-order valence-corrected chi connectivity index (χ2v) is 3.52. The van der Waals surface area contributed by atoms with Crippen LogP contribution in [0.3, 0.4) is 0 Å². The van der Waals surface area contributed by atoms with Crippen LogP contribution < -0.4 is 5.50 Å². The SMILES string of the molecule is NP(=O)(O)ON1C(=O)CCC1=O. The van der Waals surface area contributed by atoms with Crippen molar-refractivity contribution in [1.29, 1.82) is 0 Å². The zero-order chi connectivity index (χ0) is 9.35. The maximum Gasteiger partial charge on any atom is 0.422 e. The lowest BCUT2D eigenvalue weighted by molar-refractivity contribution is -0.165. The Labute approximate surface area is 67.6 Å². The number of hydrogen-bond donors (Lipinski definition) is 2. The molecule has 1 saturated heterocycles. The van der Waals surface area contributed by atoms with Crippen LogP contribution in [0.2, 0.25) is 0 Å². The summed E-state index contributed by atoms with van der Waals surface area (Å²) in [5.41, 5.74) is 4.58. The van der Waals surface area contributed by atoms with Gasteiger partial charge in [-0.1, -0.05) is 0 Å². The molecule has 0 bridgehead atoms. The average Bonchev–Trinajstić information content (AvgIpc) is 2.16. The second-order valence-electron chi connectivity index (χ2n) is 2.23. The van der Waals surface area contributed by atoms with Gasteiger partial charge in [-0.05, 0) is 0 Å². The van der Waals surface area contributed by atoms with E-state index < -0.39 is 19.6 Å². The van der Waals surface area contributed by atoms with Gasteiger partial charge in [-0.25, -0.2) is 10.1 Å². The maximum atomic E-state index is 10.8. The van der Waals surface area contributed by atoms with Gasteiger partial charge >= 0.3 is 7.75 Å². The van der Waals surface area contributed by atoms with E-state index >= 15 is 0 Å². The monoisotopic (exact) mass is 194 g/mol. The Bertz CT molecular complexity index is 255. The third kappa shape index (κ3) is 2.12. The maximum absolute atomic E-state index is 10.8. The summed E-state index contributed by atoms with van der Waals surface area (Å²) >= 11 is 0. The molecule has 7 nitrogen and oxygen atoms in total. The zero-order valence-electron chi connectivity index (χ0n) is 5.97. The van der Waals surface area contributed by atoms with Crippen molar-refractivity contribution in [2.75, 3.05) is 0 Å². The van der Waals surface area contributed by atoms with Gasteiger partial charge in [0, 0.05) is 12.8 Å². The molecule has 1 aliphatic heterocycles. The van der Waals surface area contributed by atoms with Crippen LogP contribution in [-0.2, 0) is 18.8 Å². The molecule has 1 rings (SSSR count). The van der Waals surface area contributed by atoms with Gasteiger partial charge in [0.2, 0.25) is 0 Å². The molecule has 68 valence electrons. The van der Waals surface area contributed by atoms with Crippen molar-refractivity contribution >= 4 is 19.6 Å². The van der Waals surface area contributed by atoms with Crippen molar-refractivity contribution in [2.45, 2.75) is 12.8 Å². The number of imide groups is 1. The lowest BCUT2D eigenvalue weighted by Crippen LogP contribution is -2.29. The Hall–Kier alpha value is -0.750. The first-order chi connectivity index (χ1) is 5.40. The molecular weight excluding hydrogens is 187 g/mol. The van der Waals surface area contributed by atoms with E-state index in [2.05, 4.69) is 10.1 Å². The molecule has 0 radical (unpaired) electrons. The number of nitrogens with two attached hydrogens (primary N) is 1. The Balaban J connectivity index is 2.69. The lowest BCUT2D eigenvalue weighted by atomic mass is 10.4. The number of hydroxylamine groups is 2. The summed E-state index contributed by atoms with van der Waals surface area (Å²) in [5, 5.41) is 0.237. The quantitative estimate of drug-likeness (QED) is 0.436. The summed E-state index contributed by atoms with van der Waals surface area (Å²) in [6.45, 7) is 0. The lowest BCUT2D eigenvalue weighted by Gasteiger charge is -2.13. The van der Waals surface area contributed by atoms with E-state index in [-0.39, 0.29) is 17.9 Å². The zero-order valence-corrected chi connectivity index (χ0v) is 6.86. The van der Waals surface area contributed by atoms with Gasteiger partial charge < -0.3 is 4.89 Å². The van der Waals surface area contributed by atoms with Crippen LogP contribution in [0.5, 0.6) is 0 Å². The minimum absolute atomic E-state index is 0.0150. The molecule has 0 aromatic rings. The predicted octanol–water partition coefficient (Wildman–Crippen LogP) is -0.874. The molecule has 3 N–H and O–H groups in total. The van der Waals surface area contributed by atoms with Crippen LogP contribution in [-0.4, -0.2) is 21.8 Å². The summed E-state index contributed by atoms with van der Waals surface area (Å²) in [6, 6.07) is 0. The molecule has 12 heavy (non-hydrogen) atoms. The Morgan fingerprint density at radius 2 is 1.83 bits per heavy atom. The Kier molecular flexibility index (Phi) is 2.29. The minimum atomic E-state index is -4.31. The summed E-state index contributed by atoms with van der Waals surface area (Å²) < 4.78 is 14.5. The minimum Gasteiger partial charge on any atom is -0.311 e. The molecule has 8 heteroatoms. The number of rotatable bonds is 2. The Morgan fingerprint density at radius 3 is 2.17 bits per heavy atom. The highest BCUT2D eigenvalue weighted by Crippen LogP contribution is 2.34. The summed E-state index contributed by atoms with van der Waals surface area (Å²) in [4.78, 5) is 30.0. The van der Waals surface area contributed by atoms with E-state index in [1.807, 2.05) is 0 Å². The summed E-state index contributed by atoms with van der Waals surface area (Å²) in [6.07, 6.45) is -0.0301. The van der Waals surface area contributed by atoms with Gasteiger partial charge in [0.05, 0.1) is 0 Å². The van der Waals surface area contributed by atoms with Crippen molar-refractivity contribution < 1.29 is 23.7 Å². The largest absolute Gasteiger partial charge is 0.422 e. The number of nitrogens with zero attached hydrogens (tertiary/aromatic N) is 1. The van der Waals surface area contributed by atoms with Gasteiger partial charge in [-0.2, -0.15) is 4.62 Å². The first-order valence-corrected chi connectivity index (χ1v) is 4.72. The first kappa shape index (κ1) is 9.34. The smallest absolute Gasteiger partial charge is 0.311 e. The topological polar surface area (TPSA) is 110 Å². The highest BCUT2D eigenvalue weighted by atomic mass is 31.2.